The zero-order valence-corrected chi connectivity index (χ0v) is 12.2. The third-order valence-electron chi connectivity index (χ3n) is 4.16. The van der Waals surface area contributed by atoms with Crippen LogP contribution in [0.3, 0.4) is 0 Å². The molecule has 1 N–H and O–H groups in total. The van der Waals surface area contributed by atoms with Crippen molar-refractivity contribution in [3.05, 3.63) is 35.5 Å². The number of hydrogen-bond donors (Lipinski definition) is 1. The van der Waals surface area contributed by atoms with Gasteiger partial charge >= 0.3 is 0 Å². The fraction of sp³-hybridized carbons (Fsp3) is 0.500. The summed E-state index contributed by atoms with van der Waals surface area (Å²) in [6.07, 6.45) is 8.17. The van der Waals surface area contributed by atoms with Crippen LogP contribution in [0.25, 0.3) is 5.65 Å². The molecular weight excluding hydrogens is 269 g/mol. The van der Waals surface area contributed by atoms with Crippen LogP contribution < -0.4 is 5.32 Å². The lowest BCUT2D eigenvalue weighted by Gasteiger charge is -2.16. The topological polar surface area (TPSA) is 46.4 Å². The minimum atomic E-state index is -0.372. The first kappa shape index (κ1) is 14.0. The third kappa shape index (κ3) is 2.91. The minimum absolute atomic E-state index is 0.155. The molecule has 21 heavy (non-hydrogen) atoms. The summed E-state index contributed by atoms with van der Waals surface area (Å²) in [4.78, 5) is 16.9. The predicted molar refractivity (Wildman–Crippen MR) is 78.8 cm³/mol. The van der Waals surface area contributed by atoms with Gasteiger partial charge in [0, 0.05) is 12.2 Å². The van der Waals surface area contributed by atoms with E-state index in [-0.39, 0.29) is 17.8 Å². The second-order valence-electron chi connectivity index (χ2n) is 5.78. The van der Waals surface area contributed by atoms with E-state index in [1.54, 1.807) is 13.0 Å². The molecule has 1 aliphatic rings. The van der Waals surface area contributed by atoms with Crippen molar-refractivity contribution >= 4 is 11.6 Å². The summed E-state index contributed by atoms with van der Waals surface area (Å²) in [5, 5.41) is 3.09. The third-order valence-corrected chi connectivity index (χ3v) is 4.16. The average molecular weight is 289 g/mol. The van der Waals surface area contributed by atoms with Gasteiger partial charge in [-0.25, -0.2) is 9.37 Å². The molecule has 1 aliphatic carbocycles. The first-order valence-electron chi connectivity index (χ1n) is 7.60. The SMILES string of the molecule is Cc1nc2ccc(F)cn2c1C(=O)NC1CCCCCC1. The first-order chi connectivity index (χ1) is 10.1. The van der Waals surface area contributed by atoms with Gasteiger partial charge in [0.05, 0.1) is 5.69 Å². The molecule has 0 aromatic carbocycles. The van der Waals surface area contributed by atoms with Crippen molar-refractivity contribution in [2.45, 2.75) is 51.5 Å². The number of aromatic nitrogens is 2. The van der Waals surface area contributed by atoms with Gasteiger partial charge in [-0.05, 0) is 31.9 Å². The van der Waals surface area contributed by atoms with E-state index >= 15 is 0 Å². The molecule has 0 spiro atoms. The Balaban J connectivity index is 1.86. The summed E-state index contributed by atoms with van der Waals surface area (Å²) in [7, 11) is 0. The number of halogens is 1. The van der Waals surface area contributed by atoms with E-state index in [0.717, 1.165) is 25.7 Å². The van der Waals surface area contributed by atoms with E-state index in [4.69, 9.17) is 0 Å². The Morgan fingerprint density at radius 2 is 2.00 bits per heavy atom. The molecule has 0 radical (unpaired) electrons. The highest BCUT2D eigenvalue weighted by atomic mass is 19.1. The van der Waals surface area contributed by atoms with Crippen molar-refractivity contribution in [1.82, 2.24) is 14.7 Å². The molecule has 2 heterocycles. The summed E-state index contributed by atoms with van der Waals surface area (Å²) in [5.41, 5.74) is 1.67. The van der Waals surface area contributed by atoms with Crippen LogP contribution >= 0.6 is 0 Å². The maximum absolute atomic E-state index is 13.4. The Labute approximate surface area is 123 Å². The van der Waals surface area contributed by atoms with Gasteiger partial charge in [0.2, 0.25) is 0 Å². The second kappa shape index (κ2) is 5.84. The maximum atomic E-state index is 13.4. The van der Waals surface area contributed by atoms with Crippen LogP contribution in [0.5, 0.6) is 0 Å². The highest BCUT2D eigenvalue weighted by Crippen LogP contribution is 2.19. The fourth-order valence-corrected chi connectivity index (χ4v) is 3.09. The van der Waals surface area contributed by atoms with Crippen molar-refractivity contribution in [3.63, 3.8) is 0 Å². The van der Waals surface area contributed by atoms with Gasteiger partial charge in [0.15, 0.2) is 0 Å². The zero-order chi connectivity index (χ0) is 14.8. The van der Waals surface area contributed by atoms with Crippen molar-refractivity contribution in [1.29, 1.82) is 0 Å². The lowest BCUT2D eigenvalue weighted by atomic mass is 10.1. The number of pyridine rings is 1. The van der Waals surface area contributed by atoms with Crippen LogP contribution in [0.4, 0.5) is 4.39 Å². The summed E-state index contributed by atoms with van der Waals surface area (Å²) >= 11 is 0. The van der Waals surface area contributed by atoms with E-state index < -0.39 is 0 Å². The van der Waals surface area contributed by atoms with Crippen LogP contribution in [0, 0.1) is 12.7 Å². The molecule has 2 aromatic heterocycles. The molecule has 3 rings (SSSR count). The predicted octanol–water partition coefficient (Wildman–Crippen LogP) is 3.23. The zero-order valence-electron chi connectivity index (χ0n) is 12.2. The largest absolute Gasteiger partial charge is 0.348 e. The quantitative estimate of drug-likeness (QED) is 0.863. The number of carbonyl (C=O) groups excluding carboxylic acids is 1. The van der Waals surface area contributed by atoms with Crippen molar-refractivity contribution in [3.8, 4) is 0 Å². The van der Waals surface area contributed by atoms with Gasteiger partial charge in [0.1, 0.15) is 17.2 Å². The molecule has 0 saturated heterocycles. The van der Waals surface area contributed by atoms with E-state index in [1.165, 1.54) is 29.5 Å². The van der Waals surface area contributed by atoms with E-state index in [2.05, 4.69) is 10.3 Å². The van der Waals surface area contributed by atoms with Gasteiger partial charge in [-0.15, -0.1) is 0 Å². The Bertz CT molecular complexity index is 657. The van der Waals surface area contributed by atoms with Gasteiger partial charge in [-0.3, -0.25) is 9.20 Å². The van der Waals surface area contributed by atoms with Crippen LogP contribution in [0.1, 0.15) is 54.7 Å². The number of imidazole rings is 1. The highest BCUT2D eigenvalue weighted by molar-refractivity contribution is 5.94. The molecule has 0 atom stereocenters. The lowest BCUT2D eigenvalue weighted by molar-refractivity contribution is 0.0926. The maximum Gasteiger partial charge on any atom is 0.270 e. The Morgan fingerprint density at radius 3 is 2.71 bits per heavy atom. The first-order valence-corrected chi connectivity index (χ1v) is 7.60. The van der Waals surface area contributed by atoms with Crippen molar-refractivity contribution in [2.75, 3.05) is 0 Å². The van der Waals surface area contributed by atoms with Crippen LogP contribution in [-0.2, 0) is 0 Å². The number of carbonyl (C=O) groups is 1. The monoisotopic (exact) mass is 289 g/mol. The molecule has 112 valence electrons. The van der Waals surface area contributed by atoms with E-state index in [0.29, 0.717) is 17.0 Å². The van der Waals surface area contributed by atoms with E-state index in [1.807, 2.05) is 0 Å². The second-order valence-corrected chi connectivity index (χ2v) is 5.78. The number of nitrogens with one attached hydrogen (secondary N) is 1. The summed E-state index contributed by atoms with van der Waals surface area (Å²) < 4.78 is 15.0. The summed E-state index contributed by atoms with van der Waals surface area (Å²) in [6, 6.07) is 3.16. The molecule has 2 aromatic rings. The van der Waals surface area contributed by atoms with Gasteiger partial charge in [0.25, 0.3) is 5.91 Å². The lowest BCUT2D eigenvalue weighted by Crippen LogP contribution is -2.35. The molecule has 4 nitrogen and oxygen atoms in total. The number of hydrogen-bond acceptors (Lipinski definition) is 2. The Morgan fingerprint density at radius 1 is 1.29 bits per heavy atom. The molecule has 0 unspecified atom stereocenters. The van der Waals surface area contributed by atoms with Crippen molar-refractivity contribution < 1.29 is 9.18 Å². The van der Waals surface area contributed by atoms with Gasteiger partial charge in [-0.1, -0.05) is 25.7 Å². The Hall–Kier alpha value is -1.91. The number of nitrogens with zero attached hydrogens (tertiary/aromatic N) is 2. The van der Waals surface area contributed by atoms with E-state index in [9.17, 15) is 9.18 Å². The van der Waals surface area contributed by atoms with Crippen LogP contribution in [0.15, 0.2) is 18.3 Å². The smallest absolute Gasteiger partial charge is 0.270 e. The molecule has 0 aliphatic heterocycles. The number of rotatable bonds is 2. The molecular formula is C16H20FN3O. The van der Waals surface area contributed by atoms with Crippen molar-refractivity contribution in [2.24, 2.45) is 0 Å². The van der Waals surface area contributed by atoms with Crippen LogP contribution in [0.2, 0.25) is 0 Å². The summed E-state index contributed by atoms with van der Waals surface area (Å²) in [6.45, 7) is 1.78. The molecule has 1 amide bonds. The molecule has 5 heteroatoms. The fourth-order valence-electron chi connectivity index (χ4n) is 3.09. The normalized spacial score (nSPS) is 16.9. The number of fused-ring (bicyclic) bond motifs is 1. The molecule has 0 bridgehead atoms. The van der Waals surface area contributed by atoms with Gasteiger partial charge < -0.3 is 5.32 Å². The average Bonchev–Trinajstić information content (AvgIpc) is 2.62. The van der Waals surface area contributed by atoms with Crippen LogP contribution in [-0.4, -0.2) is 21.3 Å². The minimum Gasteiger partial charge on any atom is -0.348 e. The molecule has 1 fully saturated rings. The summed E-state index contributed by atoms with van der Waals surface area (Å²) in [5.74, 6) is -0.527. The Kier molecular flexibility index (Phi) is 3.90. The van der Waals surface area contributed by atoms with Gasteiger partial charge in [-0.2, -0.15) is 0 Å². The number of amides is 1. The number of aryl methyl sites for hydroxylation is 1. The highest BCUT2D eigenvalue weighted by Gasteiger charge is 2.20. The molecule has 1 saturated carbocycles. The standard InChI is InChI=1S/C16H20FN3O/c1-11-15(20-10-12(17)8-9-14(20)18-11)16(21)19-13-6-4-2-3-5-7-13/h8-10,13H,2-7H2,1H3,(H,19,21).